The molecule has 0 saturated heterocycles. The topological polar surface area (TPSA) is 38.9 Å². The summed E-state index contributed by atoms with van der Waals surface area (Å²) in [6.07, 6.45) is 7.91. The number of nitrogens with zero attached hydrogens (tertiary/aromatic N) is 1. The Labute approximate surface area is 170 Å². The predicted octanol–water partition coefficient (Wildman–Crippen LogP) is 6.41. The van der Waals surface area contributed by atoms with Crippen LogP contribution in [-0.2, 0) is 6.42 Å². The van der Waals surface area contributed by atoms with Crippen LogP contribution in [0.4, 0.5) is 5.82 Å². The van der Waals surface area contributed by atoms with Gasteiger partial charge in [-0.25, -0.2) is 4.98 Å². The summed E-state index contributed by atoms with van der Waals surface area (Å²) < 4.78 is 0. The molecule has 0 saturated carbocycles. The summed E-state index contributed by atoms with van der Waals surface area (Å²) in [5, 5.41) is 3.89. The van der Waals surface area contributed by atoms with Crippen molar-refractivity contribution in [2.45, 2.75) is 25.2 Å². The van der Waals surface area contributed by atoms with E-state index in [1.165, 1.54) is 27.5 Å². The highest BCUT2D eigenvalue weighted by Gasteiger charge is 2.25. The van der Waals surface area contributed by atoms with Gasteiger partial charge < -0.3 is 5.73 Å². The molecule has 0 unspecified atom stereocenters. The molecule has 2 heteroatoms. The zero-order chi connectivity index (χ0) is 19.4. The molecule has 0 aliphatic heterocycles. The fourth-order valence-corrected chi connectivity index (χ4v) is 5.08. The molecule has 0 radical (unpaired) electrons. The number of pyridine rings is 1. The molecule has 0 amide bonds. The SMILES string of the molecule is Nc1nc2ccccc2cc1[C@@H]1C=CC2=C(CCc3c2ccc2ccccc32)C1. The Kier molecular flexibility index (Phi) is 3.60. The van der Waals surface area contributed by atoms with Crippen LogP contribution in [0.5, 0.6) is 0 Å². The van der Waals surface area contributed by atoms with Gasteiger partial charge in [0.2, 0.25) is 0 Å². The summed E-state index contributed by atoms with van der Waals surface area (Å²) in [5.41, 5.74) is 14.3. The van der Waals surface area contributed by atoms with Gasteiger partial charge in [0.15, 0.2) is 0 Å². The molecule has 2 nitrogen and oxygen atoms in total. The van der Waals surface area contributed by atoms with E-state index >= 15 is 0 Å². The molecule has 1 atom stereocenters. The highest BCUT2D eigenvalue weighted by Crippen LogP contribution is 2.44. The first-order valence-electron chi connectivity index (χ1n) is 10.3. The summed E-state index contributed by atoms with van der Waals surface area (Å²) >= 11 is 0. The van der Waals surface area contributed by atoms with Crippen LogP contribution in [0.15, 0.2) is 84.5 Å². The van der Waals surface area contributed by atoms with Crippen LogP contribution in [0.2, 0.25) is 0 Å². The van der Waals surface area contributed by atoms with Crippen molar-refractivity contribution in [2.75, 3.05) is 5.73 Å². The Bertz CT molecular complexity index is 1340. The number of hydrogen-bond donors (Lipinski definition) is 1. The number of aromatic nitrogens is 1. The van der Waals surface area contributed by atoms with Crippen LogP contribution in [0.3, 0.4) is 0 Å². The lowest BCUT2D eigenvalue weighted by atomic mass is 9.75. The van der Waals surface area contributed by atoms with E-state index in [1.54, 1.807) is 5.57 Å². The van der Waals surface area contributed by atoms with E-state index < -0.39 is 0 Å². The number of hydrogen-bond acceptors (Lipinski definition) is 2. The molecule has 4 aromatic rings. The van der Waals surface area contributed by atoms with Gasteiger partial charge in [-0.3, -0.25) is 0 Å². The second kappa shape index (κ2) is 6.31. The fraction of sp³-hybridized carbons (Fsp3) is 0.148. The molecule has 140 valence electrons. The van der Waals surface area contributed by atoms with Gasteiger partial charge in [0.1, 0.15) is 5.82 Å². The molecule has 6 rings (SSSR count). The highest BCUT2D eigenvalue weighted by atomic mass is 14.8. The minimum atomic E-state index is 0.299. The van der Waals surface area contributed by atoms with E-state index in [2.05, 4.69) is 71.7 Å². The second-order valence-electron chi connectivity index (χ2n) is 8.16. The number of nitrogens with two attached hydrogens (primary N) is 1. The number of rotatable bonds is 1. The monoisotopic (exact) mass is 374 g/mol. The maximum Gasteiger partial charge on any atom is 0.127 e. The largest absolute Gasteiger partial charge is 0.383 e. The van der Waals surface area contributed by atoms with Crippen molar-refractivity contribution < 1.29 is 0 Å². The summed E-state index contributed by atoms with van der Waals surface area (Å²) in [7, 11) is 0. The molecule has 1 aromatic heterocycles. The molecule has 2 N–H and O–H groups in total. The molecule has 1 heterocycles. The molecule has 0 bridgehead atoms. The molecule has 3 aromatic carbocycles. The van der Waals surface area contributed by atoms with E-state index in [0.717, 1.165) is 35.7 Å². The Balaban J connectivity index is 1.41. The lowest BCUT2D eigenvalue weighted by molar-refractivity contribution is 0.757. The van der Waals surface area contributed by atoms with Crippen molar-refractivity contribution in [3.05, 3.63) is 101 Å². The van der Waals surface area contributed by atoms with Crippen molar-refractivity contribution in [1.29, 1.82) is 0 Å². The molecule has 29 heavy (non-hydrogen) atoms. The number of allylic oxidation sites excluding steroid dienone is 4. The minimum Gasteiger partial charge on any atom is -0.383 e. The Morgan fingerprint density at radius 3 is 2.62 bits per heavy atom. The number of fused-ring (bicyclic) bond motifs is 5. The Morgan fingerprint density at radius 2 is 1.69 bits per heavy atom. The summed E-state index contributed by atoms with van der Waals surface area (Å²) in [5.74, 6) is 0.956. The standard InChI is InChI=1S/C27H22N2/c28-27-25(16-20-6-2-4-8-26(20)29-27)19-10-12-22-18(15-19)11-14-23-21-7-3-1-5-17(21)9-13-24(22)23/h1-10,12-13,16,19H,11,14-15H2,(H2,28,29)/t19-/m1/s1. The first-order chi connectivity index (χ1) is 14.3. The van der Waals surface area contributed by atoms with Crippen molar-refractivity contribution in [3.8, 4) is 0 Å². The van der Waals surface area contributed by atoms with Gasteiger partial charge in [0.05, 0.1) is 5.52 Å². The van der Waals surface area contributed by atoms with Crippen molar-refractivity contribution in [1.82, 2.24) is 4.98 Å². The Hall–Kier alpha value is -3.39. The smallest absolute Gasteiger partial charge is 0.127 e. The summed E-state index contributed by atoms with van der Waals surface area (Å²) in [4.78, 5) is 4.65. The van der Waals surface area contributed by atoms with Crippen LogP contribution >= 0.6 is 0 Å². The lowest BCUT2D eigenvalue weighted by Crippen LogP contribution is -2.12. The molecule has 2 aliphatic rings. The summed E-state index contributed by atoms with van der Waals surface area (Å²) in [6, 6.07) is 23.7. The molecular formula is C27H22N2. The van der Waals surface area contributed by atoms with Gasteiger partial charge in [0, 0.05) is 16.9 Å². The number of para-hydroxylation sites is 1. The van der Waals surface area contributed by atoms with Crippen LogP contribution in [0, 0.1) is 0 Å². The van der Waals surface area contributed by atoms with Gasteiger partial charge in [-0.15, -0.1) is 0 Å². The zero-order valence-electron chi connectivity index (χ0n) is 16.2. The quantitative estimate of drug-likeness (QED) is 0.418. The molecule has 0 spiro atoms. The van der Waals surface area contributed by atoms with Crippen molar-refractivity contribution >= 4 is 33.1 Å². The van der Waals surface area contributed by atoms with Crippen LogP contribution in [0.25, 0.3) is 27.2 Å². The normalized spacial score (nSPS) is 18.1. The lowest BCUT2D eigenvalue weighted by Gasteiger charge is -2.29. The Morgan fingerprint density at radius 1 is 0.862 bits per heavy atom. The minimum absolute atomic E-state index is 0.299. The third-order valence-electron chi connectivity index (χ3n) is 6.53. The van der Waals surface area contributed by atoms with E-state index in [4.69, 9.17) is 5.73 Å². The van der Waals surface area contributed by atoms with Gasteiger partial charge in [-0.2, -0.15) is 0 Å². The number of nitrogen functional groups attached to an aromatic ring is 1. The first kappa shape index (κ1) is 16.6. The predicted molar refractivity (Wildman–Crippen MR) is 122 cm³/mol. The van der Waals surface area contributed by atoms with Crippen molar-refractivity contribution in [3.63, 3.8) is 0 Å². The summed E-state index contributed by atoms with van der Waals surface area (Å²) in [6.45, 7) is 0. The molecule has 2 aliphatic carbocycles. The second-order valence-corrected chi connectivity index (χ2v) is 8.16. The van der Waals surface area contributed by atoms with Gasteiger partial charge in [-0.05, 0) is 58.9 Å². The highest BCUT2D eigenvalue weighted by molar-refractivity contribution is 5.94. The molecular weight excluding hydrogens is 352 g/mol. The fourth-order valence-electron chi connectivity index (χ4n) is 5.08. The number of benzene rings is 3. The molecule has 0 fully saturated rings. The van der Waals surface area contributed by atoms with E-state index in [-0.39, 0.29) is 0 Å². The average Bonchev–Trinajstić information content (AvgIpc) is 2.77. The van der Waals surface area contributed by atoms with Crippen LogP contribution in [0.1, 0.15) is 35.4 Å². The van der Waals surface area contributed by atoms with Gasteiger partial charge >= 0.3 is 0 Å². The van der Waals surface area contributed by atoms with Gasteiger partial charge in [-0.1, -0.05) is 72.3 Å². The third-order valence-corrected chi connectivity index (χ3v) is 6.53. The average molecular weight is 374 g/mol. The van der Waals surface area contributed by atoms with E-state index in [0.29, 0.717) is 11.7 Å². The third kappa shape index (κ3) is 2.60. The van der Waals surface area contributed by atoms with Crippen LogP contribution in [-0.4, -0.2) is 4.98 Å². The van der Waals surface area contributed by atoms with Crippen LogP contribution < -0.4 is 5.73 Å². The number of anilines is 1. The first-order valence-corrected chi connectivity index (χ1v) is 10.3. The maximum atomic E-state index is 6.36. The zero-order valence-corrected chi connectivity index (χ0v) is 16.2. The van der Waals surface area contributed by atoms with E-state index in [1.807, 2.05) is 12.1 Å². The van der Waals surface area contributed by atoms with Crippen molar-refractivity contribution in [2.24, 2.45) is 0 Å². The maximum absolute atomic E-state index is 6.36. The van der Waals surface area contributed by atoms with E-state index in [9.17, 15) is 0 Å². The number of aryl methyl sites for hydroxylation is 1. The van der Waals surface area contributed by atoms with Gasteiger partial charge in [0.25, 0.3) is 0 Å².